The molecule has 1 amide bonds. The highest BCUT2D eigenvalue weighted by atomic mass is 19.2. The van der Waals surface area contributed by atoms with Crippen molar-refractivity contribution in [2.75, 3.05) is 13.6 Å². The van der Waals surface area contributed by atoms with Crippen LogP contribution in [0.3, 0.4) is 0 Å². The van der Waals surface area contributed by atoms with E-state index in [2.05, 4.69) is 5.32 Å². The average molecular weight is 270 g/mol. The van der Waals surface area contributed by atoms with Crippen LogP contribution in [-0.4, -0.2) is 30.4 Å². The van der Waals surface area contributed by atoms with E-state index in [0.717, 1.165) is 18.7 Å². The maximum Gasteiger partial charge on any atom is 0.224 e. The molecule has 0 aliphatic carbocycles. The van der Waals surface area contributed by atoms with Crippen LogP contribution in [0.15, 0.2) is 18.2 Å². The van der Waals surface area contributed by atoms with Gasteiger partial charge in [-0.2, -0.15) is 0 Å². The van der Waals surface area contributed by atoms with Gasteiger partial charge in [0.1, 0.15) is 0 Å². The molecular weight excluding hydrogens is 250 g/mol. The molecular formula is C14H20F2N2O. The Labute approximate surface area is 112 Å². The van der Waals surface area contributed by atoms with Gasteiger partial charge in [-0.25, -0.2) is 8.78 Å². The second-order valence-corrected chi connectivity index (χ2v) is 4.66. The Morgan fingerprint density at radius 1 is 1.37 bits per heavy atom. The molecule has 0 saturated carbocycles. The number of benzene rings is 1. The maximum atomic E-state index is 13.1. The number of nitrogens with zero attached hydrogens (tertiary/aromatic N) is 1. The van der Waals surface area contributed by atoms with Crippen molar-refractivity contribution < 1.29 is 13.6 Å². The average Bonchev–Trinajstić information content (AvgIpc) is 2.34. The number of hydrogen-bond acceptors (Lipinski definition) is 2. The zero-order valence-corrected chi connectivity index (χ0v) is 11.5. The maximum absolute atomic E-state index is 13.1. The lowest BCUT2D eigenvalue weighted by molar-refractivity contribution is -0.130. The van der Waals surface area contributed by atoms with Gasteiger partial charge in [0, 0.05) is 26.1 Å². The Morgan fingerprint density at radius 2 is 2.05 bits per heavy atom. The topological polar surface area (TPSA) is 32.3 Å². The predicted octanol–water partition coefficient (Wildman–Crippen LogP) is 2.31. The quantitative estimate of drug-likeness (QED) is 0.860. The van der Waals surface area contributed by atoms with Gasteiger partial charge in [-0.15, -0.1) is 0 Å². The fourth-order valence-corrected chi connectivity index (χ4v) is 1.84. The second-order valence-electron chi connectivity index (χ2n) is 4.66. The molecule has 1 aromatic rings. The zero-order valence-electron chi connectivity index (χ0n) is 11.5. The SMILES string of the molecule is CCNC(C)CC(=O)N(C)Cc1ccc(F)c(F)c1. The van der Waals surface area contributed by atoms with E-state index in [0.29, 0.717) is 12.0 Å². The molecule has 0 spiro atoms. The molecule has 1 unspecified atom stereocenters. The highest BCUT2D eigenvalue weighted by Gasteiger charge is 2.13. The molecule has 1 N–H and O–H groups in total. The largest absolute Gasteiger partial charge is 0.341 e. The molecule has 0 bridgehead atoms. The first-order valence-corrected chi connectivity index (χ1v) is 6.35. The van der Waals surface area contributed by atoms with Crippen molar-refractivity contribution in [2.45, 2.75) is 32.9 Å². The van der Waals surface area contributed by atoms with Crippen LogP contribution in [0.4, 0.5) is 8.78 Å². The van der Waals surface area contributed by atoms with E-state index in [9.17, 15) is 13.6 Å². The van der Waals surface area contributed by atoms with Crippen molar-refractivity contribution in [3.63, 3.8) is 0 Å². The van der Waals surface area contributed by atoms with E-state index in [1.165, 1.54) is 11.0 Å². The summed E-state index contributed by atoms with van der Waals surface area (Å²) >= 11 is 0. The van der Waals surface area contributed by atoms with Gasteiger partial charge in [0.25, 0.3) is 0 Å². The van der Waals surface area contributed by atoms with E-state index < -0.39 is 11.6 Å². The van der Waals surface area contributed by atoms with E-state index >= 15 is 0 Å². The van der Waals surface area contributed by atoms with Crippen LogP contribution in [0.25, 0.3) is 0 Å². The lowest BCUT2D eigenvalue weighted by Gasteiger charge is -2.20. The van der Waals surface area contributed by atoms with Crippen molar-refractivity contribution in [2.24, 2.45) is 0 Å². The van der Waals surface area contributed by atoms with E-state index in [1.54, 1.807) is 7.05 Å². The van der Waals surface area contributed by atoms with Gasteiger partial charge in [-0.3, -0.25) is 4.79 Å². The summed E-state index contributed by atoms with van der Waals surface area (Å²) in [6.45, 7) is 5.00. The summed E-state index contributed by atoms with van der Waals surface area (Å²) in [5, 5.41) is 3.15. The van der Waals surface area contributed by atoms with Crippen LogP contribution in [-0.2, 0) is 11.3 Å². The van der Waals surface area contributed by atoms with Gasteiger partial charge < -0.3 is 10.2 Å². The molecule has 5 heteroatoms. The van der Waals surface area contributed by atoms with Gasteiger partial charge in [-0.1, -0.05) is 13.0 Å². The lowest BCUT2D eigenvalue weighted by atomic mass is 10.1. The van der Waals surface area contributed by atoms with Crippen molar-refractivity contribution in [3.8, 4) is 0 Å². The van der Waals surface area contributed by atoms with Crippen LogP contribution >= 0.6 is 0 Å². The number of amides is 1. The summed E-state index contributed by atoms with van der Waals surface area (Å²) in [5.41, 5.74) is 0.575. The zero-order chi connectivity index (χ0) is 14.4. The third-order valence-electron chi connectivity index (χ3n) is 2.86. The van der Waals surface area contributed by atoms with Gasteiger partial charge in [0.05, 0.1) is 0 Å². The van der Waals surface area contributed by atoms with Crippen LogP contribution in [0.1, 0.15) is 25.8 Å². The molecule has 0 aliphatic heterocycles. The third-order valence-corrected chi connectivity index (χ3v) is 2.86. The smallest absolute Gasteiger partial charge is 0.224 e. The molecule has 1 rings (SSSR count). The van der Waals surface area contributed by atoms with E-state index in [4.69, 9.17) is 0 Å². The Bertz CT molecular complexity index is 437. The van der Waals surface area contributed by atoms with Crippen molar-refractivity contribution in [1.82, 2.24) is 10.2 Å². The van der Waals surface area contributed by atoms with Crippen molar-refractivity contribution in [1.29, 1.82) is 0 Å². The third kappa shape index (κ3) is 4.95. The summed E-state index contributed by atoms with van der Waals surface area (Å²) in [5.74, 6) is -1.80. The fourth-order valence-electron chi connectivity index (χ4n) is 1.84. The number of rotatable bonds is 6. The molecule has 3 nitrogen and oxygen atoms in total. The number of carbonyl (C=O) groups is 1. The first-order valence-electron chi connectivity index (χ1n) is 6.35. The minimum Gasteiger partial charge on any atom is -0.341 e. The molecule has 0 fully saturated rings. The molecule has 1 aromatic carbocycles. The lowest BCUT2D eigenvalue weighted by Crippen LogP contribution is -2.34. The van der Waals surface area contributed by atoms with Crippen LogP contribution in [0.2, 0.25) is 0 Å². The second kappa shape index (κ2) is 7.19. The molecule has 0 aromatic heterocycles. The molecule has 0 heterocycles. The number of halogens is 2. The summed E-state index contributed by atoms with van der Waals surface area (Å²) < 4.78 is 25.8. The number of nitrogens with one attached hydrogen (secondary N) is 1. The van der Waals surface area contributed by atoms with Gasteiger partial charge in [-0.05, 0) is 31.2 Å². The Hall–Kier alpha value is -1.49. The summed E-state index contributed by atoms with van der Waals surface area (Å²) in [7, 11) is 1.66. The van der Waals surface area contributed by atoms with Gasteiger partial charge >= 0.3 is 0 Å². The molecule has 0 radical (unpaired) electrons. The monoisotopic (exact) mass is 270 g/mol. The van der Waals surface area contributed by atoms with Gasteiger partial charge in [0.15, 0.2) is 11.6 Å². The van der Waals surface area contributed by atoms with Crippen LogP contribution in [0.5, 0.6) is 0 Å². The molecule has 0 saturated heterocycles. The van der Waals surface area contributed by atoms with Crippen molar-refractivity contribution in [3.05, 3.63) is 35.4 Å². The van der Waals surface area contributed by atoms with Crippen LogP contribution < -0.4 is 5.32 Å². The Kier molecular flexibility index (Phi) is 5.89. The summed E-state index contributed by atoms with van der Waals surface area (Å²) in [6, 6.07) is 3.78. The minimum atomic E-state index is -0.889. The fraction of sp³-hybridized carbons (Fsp3) is 0.500. The highest BCUT2D eigenvalue weighted by Crippen LogP contribution is 2.11. The van der Waals surface area contributed by atoms with Crippen molar-refractivity contribution >= 4 is 5.91 Å². The van der Waals surface area contributed by atoms with Gasteiger partial charge in [0.2, 0.25) is 5.91 Å². The normalized spacial score (nSPS) is 12.3. The highest BCUT2D eigenvalue weighted by molar-refractivity contribution is 5.76. The molecule has 1 atom stereocenters. The standard InChI is InChI=1S/C14H20F2N2O/c1-4-17-10(2)7-14(19)18(3)9-11-5-6-12(15)13(16)8-11/h5-6,8,10,17H,4,7,9H2,1-3H3. The van der Waals surface area contributed by atoms with Crippen LogP contribution in [0, 0.1) is 11.6 Å². The Morgan fingerprint density at radius 3 is 2.63 bits per heavy atom. The van der Waals surface area contributed by atoms with E-state index in [1.807, 2.05) is 13.8 Å². The summed E-state index contributed by atoms with van der Waals surface area (Å²) in [4.78, 5) is 13.4. The molecule has 106 valence electrons. The molecule has 0 aliphatic rings. The molecule has 19 heavy (non-hydrogen) atoms. The summed E-state index contributed by atoms with van der Waals surface area (Å²) in [6.07, 6.45) is 0.383. The number of hydrogen-bond donors (Lipinski definition) is 1. The predicted molar refractivity (Wildman–Crippen MR) is 70.6 cm³/mol. The number of carbonyl (C=O) groups excluding carboxylic acids is 1. The first-order chi connectivity index (χ1) is 8.93. The minimum absolute atomic E-state index is 0.0295. The Balaban J connectivity index is 2.56. The van der Waals surface area contributed by atoms with E-state index in [-0.39, 0.29) is 18.5 Å². The first kappa shape index (κ1) is 15.6.